The number of hydrogen-bond donors (Lipinski definition) is 5. The highest BCUT2D eigenvalue weighted by atomic mass is 16.4. The normalized spacial score (nSPS) is 10.5. The zero-order valence-electron chi connectivity index (χ0n) is 6.51. The molecule has 8 heteroatoms. The summed E-state index contributed by atoms with van der Waals surface area (Å²) in [6, 6.07) is -1.29. The van der Waals surface area contributed by atoms with Crippen molar-refractivity contribution in [2.75, 3.05) is 0 Å². The van der Waals surface area contributed by atoms with E-state index < -0.39 is 30.5 Å². The van der Waals surface area contributed by atoms with Crippen LogP contribution in [-0.4, -0.2) is 39.4 Å². The zero-order valence-corrected chi connectivity index (χ0v) is 6.51. The number of amides is 1. The predicted molar refractivity (Wildman–Crippen MR) is 40.1 cm³/mol. The van der Waals surface area contributed by atoms with E-state index in [1.54, 1.807) is 0 Å². The smallest absolute Gasteiger partial charge is 0.402 e. The van der Waals surface area contributed by atoms with Gasteiger partial charge in [0.25, 0.3) is 0 Å². The minimum Gasteiger partial charge on any atom is -0.481 e. The van der Waals surface area contributed by atoms with E-state index in [0.717, 1.165) is 0 Å². The molecule has 0 aliphatic heterocycles. The molecule has 13 heavy (non-hydrogen) atoms. The van der Waals surface area contributed by atoms with E-state index >= 15 is 0 Å². The lowest BCUT2D eigenvalue weighted by atomic mass is 10.2. The van der Waals surface area contributed by atoms with Crippen LogP contribution in [-0.2, 0) is 9.59 Å². The van der Waals surface area contributed by atoms with Crippen molar-refractivity contribution in [2.45, 2.75) is 12.5 Å². The molecule has 8 nitrogen and oxygen atoms in total. The SMILES string of the molecule is NC(=O)O.NC(CC(=O)O)C(=O)O. The maximum Gasteiger partial charge on any atom is 0.402 e. The summed E-state index contributed by atoms with van der Waals surface area (Å²) in [5.41, 5.74) is 8.86. The van der Waals surface area contributed by atoms with E-state index in [1.165, 1.54) is 0 Å². The number of carboxylic acid groups (broad SMARTS) is 3. The van der Waals surface area contributed by atoms with Crippen molar-refractivity contribution in [2.24, 2.45) is 11.5 Å². The summed E-state index contributed by atoms with van der Waals surface area (Å²) < 4.78 is 0. The molecule has 0 rings (SSSR count). The Morgan fingerprint density at radius 1 is 1.15 bits per heavy atom. The molecule has 0 heterocycles. The summed E-state index contributed by atoms with van der Waals surface area (Å²) in [5.74, 6) is -2.50. The Hall–Kier alpha value is -1.83. The molecule has 0 aromatic heterocycles. The molecule has 7 N–H and O–H groups in total. The lowest BCUT2D eigenvalue weighted by molar-refractivity contribution is -0.144. The Bertz CT molecular complexity index is 199. The van der Waals surface area contributed by atoms with Gasteiger partial charge >= 0.3 is 18.0 Å². The molecule has 76 valence electrons. The van der Waals surface area contributed by atoms with Crippen LogP contribution in [0, 0.1) is 0 Å². The number of carboxylic acids is 2. The third-order valence-corrected chi connectivity index (χ3v) is 0.712. The van der Waals surface area contributed by atoms with Gasteiger partial charge in [0.15, 0.2) is 0 Å². The number of rotatable bonds is 3. The van der Waals surface area contributed by atoms with Gasteiger partial charge in [-0.25, -0.2) is 4.79 Å². The van der Waals surface area contributed by atoms with Crippen molar-refractivity contribution in [3.8, 4) is 0 Å². The van der Waals surface area contributed by atoms with Gasteiger partial charge in [0, 0.05) is 0 Å². The number of aliphatic carboxylic acids is 2. The Morgan fingerprint density at radius 3 is 1.54 bits per heavy atom. The molecule has 0 fully saturated rings. The molecule has 0 radical (unpaired) electrons. The van der Waals surface area contributed by atoms with Gasteiger partial charge in [-0.15, -0.1) is 0 Å². The summed E-state index contributed by atoms with van der Waals surface area (Å²) in [6.45, 7) is 0. The number of carbonyl (C=O) groups is 3. The fraction of sp³-hybridized carbons (Fsp3) is 0.400. The minimum absolute atomic E-state index is 0.532. The van der Waals surface area contributed by atoms with Gasteiger partial charge in [-0.2, -0.15) is 0 Å². The molecule has 1 unspecified atom stereocenters. The molecule has 0 aromatic carbocycles. The van der Waals surface area contributed by atoms with Crippen LogP contribution in [0.15, 0.2) is 0 Å². The third-order valence-electron chi connectivity index (χ3n) is 0.712. The minimum atomic E-state index is -1.33. The van der Waals surface area contributed by atoms with Gasteiger partial charge in [-0.3, -0.25) is 9.59 Å². The van der Waals surface area contributed by atoms with Crippen molar-refractivity contribution in [1.29, 1.82) is 0 Å². The van der Waals surface area contributed by atoms with Gasteiger partial charge in [-0.05, 0) is 0 Å². The predicted octanol–water partition coefficient (Wildman–Crippen LogP) is -1.50. The average Bonchev–Trinajstić information content (AvgIpc) is 1.83. The molecule has 0 aliphatic rings. The molecular weight excluding hydrogens is 184 g/mol. The summed E-state index contributed by atoms with van der Waals surface area (Å²) in [4.78, 5) is 28.4. The lowest BCUT2D eigenvalue weighted by Crippen LogP contribution is -2.32. The fourth-order valence-corrected chi connectivity index (χ4v) is 0.275. The fourth-order valence-electron chi connectivity index (χ4n) is 0.275. The molecular formula is C5H10N2O6. The molecule has 0 aromatic rings. The topological polar surface area (TPSA) is 164 Å². The maximum atomic E-state index is 9.85. The van der Waals surface area contributed by atoms with Crippen LogP contribution in [0.3, 0.4) is 0 Å². The largest absolute Gasteiger partial charge is 0.481 e. The Kier molecular flexibility index (Phi) is 7.24. The third kappa shape index (κ3) is 17.8. The van der Waals surface area contributed by atoms with Gasteiger partial charge in [0.2, 0.25) is 0 Å². The van der Waals surface area contributed by atoms with E-state index in [1.807, 2.05) is 0 Å². The van der Waals surface area contributed by atoms with Crippen LogP contribution in [0.1, 0.15) is 6.42 Å². The van der Waals surface area contributed by atoms with Gasteiger partial charge in [-0.1, -0.05) is 0 Å². The summed E-state index contributed by atoms with van der Waals surface area (Å²) in [7, 11) is 0. The first-order valence-corrected chi connectivity index (χ1v) is 2.96. The van der Waals surface area contributed by atoms with E-state index in [9.17, 15) is 9.59 Å². The highest BCUT2D eigenvalue weighted by Gasteiger charge is 2.14. The summed E-state index contributed by atoms with van der Waals surface area (Å²) >= 11 is 0. The second-order valence-corrected chi connectivity index (χ2v) is 1.88. The number of nitrogens with two attached hydrogens (primary N) is 2. The molecule has 1 atom stereocenters. The van der Waals surface area contributed by atoms with Crippen LogP contribution in [0.5, 0.6) is 0 Å². The summed E-state index contributed by atoms with van der Waals surface area (Å²) in [5, 5.41) is 23.2. The maximum absolute atomic E-state index is 9.85. The molecule has 0 spiro atoms. The quantitative estimate of drug-likeness (QED) is 0.364. The van der Waals surface area contributed by atoms with Gasteiger partial charge < -0.3 is 26.8 Å². The van der Waals surface area contributed by atoms with Crippen LogP contribution < -0.4 is 11.5 Å². The van der Waals surface area contributed by atoms with Crippen LogP contribution >= 0.6 is 0 Å². The van der Waals surface area contributed by atoms with Crippen LogP contribution in [0.2, 0.25) is 0 Å². The zero-order chi connectivity index (χ0) is 11.0. The first-order chi connectivity index (χ1) is 5.77. The first-order valence-electron chi connectivity index (χ1n) is 2.96. The van der Waals surface area contributed by atoms with E-state index in [-0.39, 0.29) is 0 Å². The summed E-state index contributed by atoms with van der Waals surface area (Å²) in [6.07, 6.45) is -1.87. The molecule has 1 amide bonds. The highest BCUT2D eigenvalue weighted by Crippen LogP contribution is 1.86. The monoisotopic (exact) mass is 194 g/mol. The van der Waals surface area contributed by atoms with Crippen molar-refractivity contribution in [1.82, 2.24) is 0 Å². The first kappa shape index (κ1) is 13.7. The Balaban J connectivity index is 0. The van der Waals surface area contributed by atoms with Crippen molar-refractivity contribution in [3.05, 3.63) is 0 Å². The van der Waals surface area contributed by atoms with Crippen molar-refractivity contribution < 1.29 is 29.7 Å². The second kappa shape index (κ2) is 6.85. The second-order valence-electron chi connectivity index (χ2n) is 1.88. The molecule has 0 aliphatic carbocycles. The molecule has 0 saturated heterocycles. The van der Waals surface area contributed by atoms with E-state index in [4.69, 9.17) is 25.8 Å². The van der Waals surface area contributed by atoms with Crippen molar-refractivity contribution in [3.63, 3.8) is 0 Å². The highest BCUT2D eigenvalue weighted by molar-refractivity contribution is 5.80. The number of hydrogen-bond acceptors (Lipinski definition) is 4. The Morgan fingerprint density at radius 2 is 1.46 bits per heavy atom. The molecule has 0 bridgehead atoms. The van der Waals surface area contributed by atoms with Gasteiger partial charge in [0.05, 0.1) is 6.42 Å². The van der Waals surface area contributed by atoms with Crippen LogP contribution in [0.25, 0.3) is 0 Å². The van der Waals surface area contributed by atoms with E-state index in [0.29, 0.717) is 0 Å². The van der Waals surface area contributed by atoms with Gasteiger partial charge in [0.1, 0.15) is 6.04 Å². The number of primary amides is 1. The standard InChI is InChI=1S/C4H7NO4.CH3NO2/c5-2(4(8)9)1-3(6)7;2-1(3)4/h2H,1,5H2,(H,6,7)(H,8,9);2H2,(H,3,4). The van der Waals surface area contributed by atoms with Crippen molar-refractivity contribution >= 4 is 18.0 Å². The Labute approximate surface area is 72.8 Å². The molecule has 0 saturated carbocycles. The van der Waals surface area contributed by atoms with E-state index in [2.05, 4.69) is 5.73 Å². The van der Waals surface area contributed by atoms with Crippen LogP contribution in [0.4, 0.5) is 4.79 Å². The average molecular weight is 194 g/mol. The lowest BCUT2D eigenvalue weighted by Gasteiger charge is -1.99.